The molecule has 1 heterocycles. The molecule has 0 aliphatic carbocycles. The molecule has 0 spiro atoms. The lowest BCUT2D eigenvalue weighted by Gasteiger charge is -1.97. The van der Waals surface area contributed by atoms with Gasteiger partial charge in [0.25, 0.3) is 0 Å². The molecule has 16 heavy (non-hydrogen) atoms. The fourth-order valence-electron chi connectivity index (χ4n) is 2.26. The average molecular weight is 210 g/mol. The van der Waals surface area contributed by atoms with Crippen LogP contribution >= 0.6 is 0 Å². The molecule has 1 aliphatic rings. The third kappa shape index (κ3) is 1.52. The Morgan fingerprint density at radius 2 is 1.06 bits per heavy atom. The van der Waals surface area contributed by atoms with Gasteiger partial charge in [-0.3, -0.25) is 5.84 Å². The minimum atomic E-state index is 0.337. The summed E-state index contributed by atoms with van der Waals surface area (Å²) in [5.74, 6) is 6.01. The van der Waals surface area contributed by atoms with Gasteiger partial charge in [0, 0.05) is 0 Å². The zero-order valence-electron chi connectivity index (χ0n) is 8.95. The molecule has 2 N–H and O–H groups in total. The predicted octanol–water partition coefficient (Wildman–Crippen LogP) is 2.66. The monoisotopic (exact) mass is 210 g/mol. The first-order valence-corrected chi connectivity index (χ1v) is 5.51. The Labute approximate surface area is 95.3 Å². The van der Waals surface area contributed by atoms with Gasteiger partial charge in [0.15, 0.2) is 0 Å². The van der Waals surface area contributed by atoms with Crippen LogP contribution in [-0.2, 0) is 0 Å². The summed E-state index contributed by atoms with van der Waals surface area (Å²) >= 11 is 0. The van der Waals surface area contributed by atoms with Crippen molar-refractivity contribution in [2.45, 2.75) is 12.1 Å². The van der Waals surface area contributed by atoms with Crippen LogP contribution in [-0.4, -0.2) is 5.01 Å². The molecule has 3 rings (SSSR count). The maximum Gasteiger partial charge on any atom is 0.0709 e. The molecule has 1 saturated heterocycles. The molecule has 2 atom stereocenters. The van der Waals surface area contributed by atoms with Crippen molar-refractivity contribution in [3.63, 3.8) is 0 Å². The van der Waals surface area contributed by atoms with Gasteiger partial charge in [-0.2, -0.15) is 0 Å². The molecule has 0 saturated carbocycles. The van der Waals surface area contributed by atoms with Gasteiger partial charge in [-0.1, -0.05) is 60.7 Å². The summed E-state index contributed by atoms with van der Waals surface area (Å²) in [4.78, 5) is 0. The lowest BCUT2D eigenvalue weighted by molar-refractivity contribution is 0.516. The van der Waals surface area contributed by atoms with Crippen LogP contribution in [0.2, 0.25) is 0 Å². The largest absolute Gasteiger partial charge is 0.268 e. The molecule has 80 valence electrons. The van der Waals surface area contributed by atoms with Crippen LogP contribution in [0.15, 0.2) is 60.7 Å². The van der Waals surface area contributed by atoms with Crippen LogP contribution in [0.5, 0.6) is 0 Å². The van der Waals surface area contributed by atoms with Crippen LogP contribution in [0.1, 0.15) is 23.2 Å². The van der Waals surface area contributed by atoms with Crippen LogP contribution in [0.4, 0.5) is 0 Å². The van der Waals surface area contributed by atoms with Crippen molar-refractivity contribution in [1.82, 2.24) is 5.01 Å². The lowest BCUT2D eigenvalue weighted by Crippen LogP contribution is -2.07. The van der Waals surface area contributed by atoms with Crippen molar-refractivity contribution in [2.24, 2.45) is 5.84 Å². The average Bonchev–Trinajstić information content (AvgIpc) is 3.03. The van der Waals surface area contributed by atoms with Gasteiger partial charge in [0.1, 0.15) is 0 Å². The summed E-state index contributed by atoms with van der Waals surface area (Å²) in [6, 6.07) is 21.5. The second-order valence-corrected chi connectivity index (χ2v) is 4.16. The molecule has 0 radical (unpaired) electrons. The minimum absolute atomic E-state index is 0.337. The Balaban J connectivity index is 1.87. The third-order valence-corrected chi connectivity index (χ3v) is 3.13. The maximum atomic E-state index is 6.01. The molecular formula is C14H14N2. The van der Waals surface area contributed by atoms with Gasteiger partial charge in [-0.25, -0.2) is 5.01 Å². The minimum Gasteiger partial charge on any atom is -0.268 e. The van der Waals surface area contributed by atoms with E-state index in [0.29, 0.717) is 12.1 Å². The first-order chi connectivity index (χ1) is 7.88. The number of nitrogens with zero attached hydrogens (tertiary/aromatic N) is 1. The smallest absolute Gasteiger partial charge is 0.0709 e. The second kappa shape index (κ2) is 3.74. The maximum absolute atomic E-state index is 6.01. The zero-order valence-corrected chi connectivity index (χ0v) is 8.95. The molecule has 2 aromatic carbocycles. The lowest BCUT2D eigenvalue weighted by atomic mass is 10.0. The molecule has 2 aromatic rings. The summed E-state index contributed by atoms with van der Waals surface area (Å²) in [6.45, 7) is 0. The highest BCUT2D eigenvalue weighted by Crippen LogP contribution is 2.51. The molecule has 1 fully saturated rings. The quantitative estimate of drug-likeness (QED) is 0.610. The van der Waals surface area contributed by atoms with E-state index in [9.17, 15) is 0 Å². The van der Waals surface area contributed by atoms with Gasteiger partial charge in [-0.05, 0) is 11.1 Å². The standard InChI is InChI=1S/C14H14N2/c15-16-13(11-7-3-1-4-8-11)14(16)12-9-5-2-6-10-12/h1-10,13-14H,15H2/t13-,14-/m1/s1. The molecule has 2 heteroatoms. The Kier molecular flexibility index (Phi) is 2.24. The van der Waals surface area contributed by atoms with Crippen molar-refractivity contribution >= 4 is 0 Å². The Bertz CT molecular complexity index is 421. The fraction of sp³-hybridized carbons (Fsp3) is 0.143. The summed E-state index contributed by atoms with van der Waals surface area (Å²) in [7, 11) is 0. The molecule has 2 nitrogen and oxygen atoms in total. The summed E-state index contributed by atoms with van der Waals surface area (Å²) in [5, 5.41) is 1.91. The number of rotatable bonds is 2. The fourth-order valence-corrected chi connectivity index (χ4v) is 2.26. The molecular weight excluding hydrogens is 196 g/mol. The van der Waals surface area contributed by atoms with Crippen LogP contribution < -0.4 is 5.84 Å². The Hall–Kier alpha value is -1.64. The molecule has 0 bridgehead atoms. The van der Waals surface area contributed by atoms with Crippen molar-refractivity contribution in [3.8, 4) is 0 Å². The zero-order chi connectivity index (χ0) is 11.0. The van der Waals surface area contributed by atoms with E-state index >= 15 is 0 Å². The second-order valence-electron chi connectivity index (χ2n) is 4.16. The van der Waals surface area contributed by atoms with E-state index in [-0.39, 0.29) is 0 Å². The van der Waals surface area contributed by atoms with Crippen molar-refractivity contribution in [3.05, 3.63) is 71.8 Å². The van der Waals surface area contributed by atoms with Crippen molar-refractivity contribution < 1.29 is 0 Å². The van der Waals surface area contributed by atoms with E-state index in [1.54, 1.807) is 0 Å². The topological polar surface area (TPSA) is 29.0 Å². The summed E-state index contributed by atoms with van der Waals surface area (Å²) < 4.78 is 0. The van der Waals surface area contributed by atoms with E-state index in [0.717, 1.165) is 0 Å². The highest BCUT2D eigenvalue weighted by Gasteiger charge is 2.47. The molecule has 0 unspecified atom stereocenters. The number of hydrogen-bond acceptors (Lipinski definition) is 2. The number of nitrogens with two attached hydrogens (primary N) is 1. The van der Waals surface area contributed by atoms with E-state index in [1.807, 2.05) is 17.1 Å². The van der Waals surface area contributed by atoms with E-state index in [1.165, 1.54) is 11.1 Å². The predicted molar refractivity (Wildman–Crippen MR) is 64.4 cm³/mol. The molecule has 1 aliphatic heterocycles. The normalized spacial score (nSPS) is 27.7. The highest BCUT2D eigenvalue weighted by atomic mass is 15.6. The van der Waals surface area contributed by atoms with Crippen LogP contribution in [0.25, 0.3) is 0 Å². The first kappa shape index (κ1) is 9.58. The Morgan fingerprint density at radius 1 is 0.688 bits per heavy atom. The van der Waals surface area contributed by atoms with Gasteiger partial charge < -0.3 is 0 Å². The highest BCUT2D eigenvalue weighted by molar-refractivity contribution is 5.33. The van der Waals surface area contributed by atoms with Gasteiger partial charge >= 0.3 is 0 Å². The van der Waals surface area contributed by atoms with Gasteiger partial charge in [0.2, 0.25) is 0 Å². The summed E-state index contributed by atoms with van der Waals surface area (Å²) in [5.41, 5.74) is 2.58. The van der Waals surface area contributed by atoms with Gasteiger partial charge in [0.05, 0.1) is 12.1 Å². The molecule has 0 amide bonds. The van der Waals surface area contributed by atoms with E-state index in [2.05, 4.69) is 48.5 Å². The van der Waals surface area contributed by atoms with Crippen LogP contribution in [0.3, 0.4) is 0 Å². The number of hydrazine groups is 1. The van der Waals surface area contributed by atoms with Crippen molar-refractivity contribution in [2.75, 3.05) is 0 Å². The molecule has 0 aromatic heterocycles. The van der Waals surface area contributed by atoms with E-state index in [4.69, 9.17) is 5.84 Å². The number of benzene rings is 2. The SMILES string of the molecule is NN1[C@H](c2ccccc2)[C@H]1c1ccccc1. The van der Waals surface area contributed by atoms with Gasteiger partial charge in [-0.15, -0.1) is 0 Å². The Morgan fingerprint density at radius 3 is 1.44 bits per heavy atom. The van der Waals surface area contributed by atoms with E-state index < -0.39 is 0 Å². The van der Waals surface area contributed by atoms with Crippen molar-refractivity contribution in [1.29, 1.82) is 0 Å². The third-order valence-electron chi connectivity index (χ3n) is 3.13. The summed E-state index contributed by atoms with van der Waals surface area (Å²) in [6.07, 6.45) is 0. The number of hydrogen-bond donors (Lipinski definition) is 1. The van der Waals surface area contributed by atoms with Crippen LogP contribution in [0, 0.1) is 0 Å². The first-order valence-electron chi connectivity index (χ1n) is 5.51.